The lowest BCUT2D eigenvalue weighted by Crippen LogP contribution is -2.68. The van der Waals surface area contributed by atoms with Crippen LogP contribution < -0.4 is 10.6 Å². The van der Waals surface area contributed by atoms with E-state index < -0.39 is 0 Å². The van der Waals surface area contributed by atoms with Crippen LogP contribution in [0.25, 0.3) is 0 Å². The molecule has 1 saturated carbocycles. The third-order valence-corrected chi connectivity index (χ3v) is 4.11. The van der Waals surface area contributed by atoms with Gasteiger partial charge in [-0.25, -0.2) is 0 Å². The molecule has 0 bridgehead atoms. The maximum atomic E-state index is 5.81. The predicted octanol–water partition coefficient (Wildman–Crippen LogP) is 1.76. The summed E-state index contributed by atoms with van der Waals surface area (Å²) in [5, 5.41) is 7.00. The zero-order valence-corrected chi connectivity index (χ0v) is 12.5. The summed E-state index contributed by atoms with van der Waals surface area (Å²) in [6, 6.07) is 0.457. The highest BCUT2D eigenvalue weighted by Gasteiger charge is 2.59. The Morgan fingerprint density at radius 1 is 1.33 bits per heavy atom. The molecule has 0 spiro atoms. The van der Waals surface area contributed by atoms with E-state index in [4.69, 9.17) is 4.74 Å². The Morgan fingerprint density at radius 3 is 2.56 bits per heavy atom. The van der Waals surface area contributed by atoms with Crippen LogP contribution in [0.15, 0.2) is 4.99 Å². The van der Waals surface area contributed by atoms with Crippen molar-refractivity contribution in [3.63, 3.8) is 0 Å². The third-order valence-electron chi connectivity index (χ3n) is 4.11. The SMILES string of the molecule is CN=C(NC1C2CCOC2C1(C)C)NC(C)(C)C. The van der Waals surface area contributed by atoms with Crippen molar-refractivity contribution in [2.75, 3.05) is 13.7 Å². The Kier molecular flexibility index (Phi) is 3.34. The molecule has 0 radical (unpaired) electrons. The normalized spacial score (nSPS) is 34.8. The number of hydrogen-bond donors (Lipinski definition) is 2. The average molecular weight is 253 g/mol. The first-order valence-corrected chi connectivity index (χ1v) is 6.89. The van der Waals surface area contributed by atoms with Crippen molar-refractivity contribution in [3.05, 3.63) is 0 Å². The number of fused-ring (bicyclic) bond motifs is 1. The van der Waals surface area contributed by atoms with Gasteiger partial charge in [0, 0.05) is 36.6 Å². The minimum Gasteiger partial charge on any atom is -0.377 e. The van der Waals surface area contributed by atoms with E-state index in [1.54, 1.807) is 0 Å². The first-order valence-electron chi connectivity index (χ1n) is 6.89. The van der Waals surface area contributed by atoms with Crippen molar-refractivity contribution in [1.82, 2.24) is 10.6 Å². The molecule has 2 aliphatic rings. The van der Waals surface area contributed by atoms with Crippen molar-refractivity contribution >= 4 is 5.96 Å². The number of rotatable bonds is 1. The van der Waals surface area contributed by atoms with Crippen molar-refractivity contribution in [2.24, 2.45) is 16.3 Å². The lowest BCUT2D eigenvalue weighted by atomic mass is 9.57. The molecule has 3 unspecified atom stereocenters. The fraction of sp³-hybridized carbons (Fsp3) is 0.929. The molecule has 0 aromatic heterocycles. The van der Waals surface area contributed by atoms with Gasteiger partial charge in [0.2, 0.25) is 0 Å². The van der Waals surface area contributed by atoms with Gasteiger partial charge in [0.1, 0.15) is 0 Å². The van der Waals surface area contributed by atoms with Crippen LogP contribution in [0.3, 0.4) is 0 Å². The number of aliphatic imine (C=N–C) groups is 1. The molecular weight excluding hydrogens is 226 g/mol. The molecule has 0 aromatic rings. The fourth-order valence-electron chi connectivity index (χ4n) is 3.28. The van der Waals surface area contributed by atoms with Gasteiger partial charge in [0.05, 0.1) is 6.10 Å². The second-order valence-corrected chi connectivity index (χ2v) is 7.13. The summed E-state index contributed by atoms with van der Waals surface area (Å²) in [4.78, 5) is 4.33. The van der Waals surface area contributed by atoms with Crippen LogP contribution in [-0.2, 0) is 4.74 Å². The molecule has 4 heteroatoms. The number of hydrogen-bond acceptors (Lipinski definition) is 2. The van der Waals surface area contributed by atoms with E-state index in [9.17, 15) is 0 Å². The highest BCUT2D eigenvalue weighted by molar-refractivity contribution is 5.81. The largest absolute Gasteiger partial charge is 0.377 e. The molecule has 1 heterocycles. The smallest absolute Gasteiger partial charge is 0.191 e. The van der Waals surface area contributed by atoms with Gasteiger partial charge in [-0.05, 0) is 27.2 Å². The third kappa shape index (κ3) is 2.35. The van der Waals surface area contributed by atoms with E-state index in [0.29, 0.717) is 18.1 Å². The van der Waals surface area contributed by atoms with Gasteiger partial charge in [-0.15, -0.1) is 0 Å². The van der Waals surface area contributed by atoms with Gasteiger partial charge in [0.15, 0.2) is 5.96 Å². The van der Waals surface area contributed by atoms with E-state index in [2.05, 4.69) is 50.2 Å². The second kappa shape index (κ2) is 4.41. The molecule has 1 aliphatic carbocycles. The van der Waals surface area contributed by atoms with Crippen molar-refractivity contribution in [2.45, 2.75) is 58.7 Å². The lowest BCUT2D eigenvalue weighted by molar-refractivity contribution is -0.106. The number of ether oxygens (including phenoxy) is 1. The van der Waals surface area contributed by atoms with Crippen LogP contribution >= 0.6 is 0 Å². The Balaban J connectivity index is 2.00. The van der Waals surface area contributed by atoms with Crippen molar-refractivity contribution < 1.29 is 4.74 Å². The van der Waals surface area contributed by atoms with Crippen LogP contribution in [0, 0.1) is 11.3 Å². The maximum Gasteiger partial charge on any atom is 0.191 e. The quantitative estimate of drug-likeness (QED) is 0.553. The highest BCUT2D eigenvalue weighted by atomic mass is 16.5. The van der Waals surface area contributed by atoms with Gasteiger partial charge < -0.3 is 15.4 Å². The van der Waals surface area contributed by atoms with Crippen LogP contribution in [-0.4, -0.2) is 37.3 Å². The number of guanidine groups is 1. The topological polar surface area (TPSA) is 45.7 Å². The molecule has 0 amide bonds. The Morgan fingerprint density at radius 2 is 2.00 bits per heavy atom. The van der Waals surface area contributed by atoms with Crippen molar-refractivity contribution in [1.29, 1.82) is 0 Å². The van der Waals surface area contributed by atoms with Crippen LogP contribution in [0.1, 0.15) is 41.0 Å². The van der Waals surface area contributed by atoms with Gasteiger partial charge in [-0.3, -0.25) is 4.99 Å². The molecule has 2 fully saturated rings. The van der Waals surface area contributed by atoms with Crippen LogP contribution in [0.4, 0.5) is 0 Å². The number of nitrogens with zero attached hydrogens (tertiary/aromatic N) is 1. The monoisotopic (exact) mass is 253 g/mol. The summed E-state index contributed by atoms with van der Waals surface area (Å²) < 4.78 is 5.81. The second-order valence-electron chi connectivity index (χ2n) is 7.13. The van der Waals surface area contributed by atoms with Crippen LogP contribution in [0.5, 0.6) is 0 Å². The molecule has 3 atom stereocenters. The standard InChI is InChI=1S/C14H27N3O/c1-13(2,3)17-12(15-6)16-10-9-7-8-18-11(9)14(10,4)5/h9-11H,7-8H2,1-6H3,(H2,15,16,17). The van der Waals surface area contributed by atoms with Crippen molar-refractivity contribution in [3.8, 4) is 0 Å². The highest BCUT2D eigenvalue weighted by Crippen LogP contribution is 2.52. The molecule has 0 aromatic carbocycles. The molecular formula is C14H27N3O. The summed E-state index contributed by atoms with van der Waals surface area (Å²) >= 11 is 0. The molecule has 2 N–H and O–H groups in total. The summed E-state index contributed by atoms with van der Waals surface area (Å²) in [5.41, 5.74) is 0.220. The summed E-state index contributed by atoms with van der Waals surface area (Å²) in [6.45, 7) is 11.9. The fourth-order valence-corrected chi connectivity index (χ4v) is 3.28. The summed E-state index contributed by atoms with van der Waals surface area (Å²) in [7, 11) is 1.83. The average Bonchev–Trinajstić information content (AvgIpc) is 2.68. The zero-order chi connectivity index (χ0) is 13.6. The van der Waals surface area contributed by atoms with Gasteiger partial charge >= 0.3 is 0 Å². The van der Waals surface area contributed by atoms with E-state index in [-0.39, 0.29) is 11.0 Å². The van der Waals surface area contributed by atoms with E-state index >= 15 is 0 Å². The molecule has 4 nitrogen and oxygen atoms in total. The van der Waals surface area contributed by atoms with E-state index in [0.717, 1.165) is 19.0 Å². The predicted molar refractivity (Wildman–Crippen MR) is 74.8 cm³/mol. The number of nitrogens with one attached hydrogen (secondary N) is 2. The minimum atomic E-state index is 0.0291. The van der Waals surface area contributed by atoms with E-state index in [1.807, 2.05) is 7.05 Å². The first-order chi connectivity index (χ1) is 8.25. The molecule has 2 rings (SSSR count). The molecule has 1 saturated heterocycles. The van der Waals surface area contributed by atoms with Gasteiger partial charge in [-0.1, -0.05) is 13.8 Å². The summed E-state index contributed by atoms with van der Waals surface area (Å²) in [6.07, 6.45) is 1.58. The van der Waals surface area contributed by atoms with E-state index in [1.165, 1.54) is 0 Å². The Labute approximate surface area is 111 Å². The maximum absolute atomic E-state index is 5.81. The van der Waals surface area contributed by atoms with Crippen LogP contribution in [0.2, 0.25) is 0 Å². The zero-order valence-electron chi connectivity index (χ0n) is 12.5. The van der Waals surface area contributed by atoms with Gasteiger partial charge in [0.25, 0.3) is 0 Å². The molecule has 104 valence electrons. The minimum absolute atomic E-state index is 0.0291. The summed E-state index contributed by atoms with van der Waals surface area (Å²) in [5.74, 6) is 1.53. The Bertz CT molecular complexity index is 343. The van der Waals surface area contributed by atoms with Gasteiger partial charge in [-0.2, -0.15) is 0 Å². The molecule has 1 aliphatic heterocycles. The lowest BCUT2D eigenvalue weighted by Gasteiger charge is -2.55. The first kappa shape index (κ1) is 13.7. The Hall–Kier alpha value is -0.770. The molecule has 18 heavy (non-hydrogen) atoms.